The number of aliphatic carboxylic acids is 1. The minimum absolute atomic E-state index is 0.238. The van der Waals surface area contributed by atoms with Gasteiger partial charge < -0.3 is 15.5 Å². The van der Waals surface area contributed by atoms with Crippen LogP contribution in [0.1, 0.15) is 6.92 Å². The van der Waals surface area contributed by atoms with Crippen molar-refractivity contribution in [3.63, 3.8) is 0 Å². The van der Waals surface area contributed by atoms with Crippen molar-refractivity contribution in [3.05, 3.63) is 28.5 Å². The Hall–Kier alpha value is -1.58. The fourth-order valence-corrected chi connectivity index (χ4v) is 2.51. The fraction of sp³-hybridized carbons (Fsp3) is 0.250. The van der Waals surface area contributed by atoms with Crippen molar-refractivity contribution in [3.8, 4) is 10.6 Å². The number of rotatable bonds is 5. The molecule has 1 heterocycles. The summed E-state index contributed by atoms with van der Waals surface area (Å²) < 4.78 is 14.4. The lowest BCUT2D eigenvalue weighted by Gasteiger charge is -2.17. The van der Waals surface area contributed by atoms with Gasteiger partial charge in [0, 0.05) is 10.0 Å². The van der Waals surface area contributed by atoms with Crippen LogP contribution >= 0.6 is 27.3 Å². The normalized spacial score (nSPS) is 13.7. The largest absolute Gasteiger partial charge is 0.479 e. The standard InChI is InChI=1S/C12H11BrFN3O3S/c1-12(20,10(18)19)5-15-11-17-16-9(21-11)7-4-6(13)2-3-8(7)14/h2-4,20H,5H2,1H3,(H,15,17)(H,18,19). The molecular weight excluding hydrogens is 365 g/mol. The van der Waals surface area contributed by atoms with Gasteiger partial charge >= 0.3 is 5.97 Å². The molecule has 0 amide bonds. The van der Waals surface area contributed by atoms with Crippen LogP contribution in [0.25, 0.3) is 10.6 Å². The van der Waals surface area contributed by atoms with Gasteiger partial charge in [0.15, 0.2) is 10.6 Å². The molecule has 0 fully saturated rings. The molecule has 1 unspecified atom stereocenters. The predicted octanol–water partition coefficient (Wildman–Crippen LogP) is 2.35. The van der Waals surface area contributed by atoms with E-state index in [2.05, 4.69) is 31.4 Å². The molecule has 0 saturated heterocycles. The first-order chi connectivity index (χ1) is 9.79. The first kappa shape index (κ1) is 15.8. The number of nitrogens with one attached hydrogen (secondary N) is 1. The lowest BCUT2D eigenvalue weighted by Crippen LogP contribution is -2.41. The molecule has 3 N–H and O–H groups in total. The summed E-state index contributed by atoms with van der Waals surface area (Å²) in [6.07, 6.45) is 0. The number of anilines is 1. The topological polar surface area (TPSA) is 95.3 Å². The Morgan fingerprint density at radius 3 is 2.90 bits per heavy atom. The Morgan fingerprint density at radius 1 is 1.52 bits per heavy atom. The van der Waals surface area contributed by atoms with E-state index in [0.29, 0.717) is 20.2 Å². The van der Waals surface area contributed by atoms with Crippen molar-refractivity contribution in [2.24, 2.45) is 0 Å². The zero-order valence-electron chi connectivity index (χ0n) is 10.8. The van der Waals surface area contributed by atoms with Crippen LogP contribution < -0.4 is 5.32 Å². The van der Waals surface area contributed by atoms with E-state index in [1.165, 1.54) is 6.07 Å². The van der Waals surface area contributed by atoms with Crippen LogP contribution in [0.15, 0.2) is 22.7 Å². The number of hydrogen-bond acceptors (Lipinski definition) is 6. The summed E-state index contributed by atoms with van der Waals surface area (Å²) in [7, 11) is 0. The number of benzene rings is 1. The number of halogens is 2. The van der Waals surface area contributed by atoms with Gasteiger partial charge in [-0.2, -0.15) is 0 Å². The van der Waals surface area contributed by atoms with E-state index in [9.17, 15) is 14.3 Å². The number of hydrogen-bond donors (Lipinski definition) is 3. The van der Waals surface area contributed by atoms with Gasteiger partial charge in [0.2, 0.25) is 5.13 Å². The summed E-state index contributed by atoms with van der Waals surface area (Å²) in [5.74, 6) is -1.78. The van der Waals surface area contributed by atoms with E-state index >= 15 is 0 Å². The van der Waals surface area contributed by atoms with Crippen LogP contribution in [0.2, 0.25) is 0 Å². The second kappa shape index (κ2) is 6.04. The van der Waals surface area contributed by atoms with Crippen LogP contribution in [0.3, 0.4) is 0 Å². The van der Waals surface area contributed by atoms with Gasteiger partial charge in [-0.3, -0.25) is 0 Å². The molecule has 2 aromatic rings. The van der Waals surface area contributed by atoms with E-state index in [1.54, 1.807) is 12.1 Å². The van der Waals surface area contributed by atoms with Gasteiger partial charge in [0.25, 0.3) is 0 Å². The summed E-state index contributed by atoms with van der Waals surface area (Å²) in [6, 6.07) is 4.46. The average molecular weight is 376 g/mol. The fourth-order valence-electron chi connectivity index (χ4n) is 1.39. The maximum Gasteiger partial charge on any atom is 0.337 e. The van der Waals surface area contributed by atoms with Gasteiger partial charge in [0.1, 0.15) is 5.82 Å². The molecule has 1 atom stereocenters. The zero-order valence-corrected chi connectivity index (χ0v) is 13.2. The monoisotopic (exact) mass is 375 g/mol. The number of carboxylic acid groups (broad SMARTS) is 1. The summed E-state index contributed by atoms with van der Waals surface area (Å²) in [5, 5.41) is 29.3. The first-order valence-corrected chi connectivity index (χ1v) is 7.39. The molecule has 1 aromatic carbocycles. The van der Waals surface area contributed by atoms with Crippen molar-refractivity contribution < 1.29 is 19.4 Å². The molecule has 21 heavy (non-hydrogen) atoms. The molecule has 0 aliphatic carbocycles. The molecule has 0 aliphatic heterocycles. The third-order valence-electron chi connectivity index (χ3n) is 2.63. The Bertz CT molecular complexity index is 678. The molecule has 1 aromatic heterocycles. The van der Waals surface area contributed by atoms with Crippen molar-refractivity contribution in [2.75, 3.05) is 11.9 Å². The summed E-state index contributed by atoms with van der Waals surface area (Å²) in [4.78, 5) is 10.8. The van der Waals surface area contributed by atoms with Crippen molar-refractivity contribution in [1.29, 1.82) is 0 Å². The molecular formula is C12H11BrFN3O3S. The van der Waals surface area contributed by atoms with Crippen LogP contribution in [-0.2, 0) is 4.79 Å². The highest BCUT2D eigenvalue weighted by atomic mass is 79.9. The van der Waals surface area contributed by atoms with E-state index in [0.717, 1.165) is 18.3 Å². The third kappa shape index (κ3) is 3.74. The maximum absolute atomic E-state index is 13.7. The SMILES string of the molecule is CC(O)(CNc1nnc(-c2cc(Br)ccc2F)s1)C(=O)O. The minimum Gasteiger partial charge on any atom is -0.479 e. The van der Waals surface area contributed by atoms with E-state index in [4.69, 9.17) is 5.11 Å². The van der Waals surface area contributed by atoms with Gasteiger partial charge in [-0.1, -0.05) is 27.3 Å². The molecule has 6 nitrogen and oxygen atoms in total. The molecule has 2 rings (SSSR count). The maximum atomic E-state index is 13.7. The van der Waals surface area contributed by atoms with Crippen molar-refractivity contribution in [1.82, 2.24) is 10.2 Å². The second-order valence-electron chi connectivity index (χ2n) is 4.47. The van der Waals surface area contributed by atoms with Crippen LogP contribution in [0.4, 0.5) is 9.52 Å². The zero-order chi connectivity index (χ0) is 15.6. The highest BCUT2D eigenvalue weighted by Crippen LogP contribution is 2.30. The third-order valence-corrected chi connectivity index (χ3v) is 4.04. The second-order valence-corrected chi connectivity index (χ2v) is 6.36. The summed E-state index contributed by atoms with van der Waals surface area (Å²) in [6.45, 7) is 0.927. The van der Waals surface area contributed by atoms with E-state index in [1.807, 2.05) is 0 Å². The molecule has 0 aliphatic rings. The van der Waals surface area contributed by atoms with Crippen LogP contribution in [0.5, 0.6) is 0 Å². The molecule has 0 saturated carbocycles. The van der Waals surface area contributed by atoms with E-state index < -0.39 is 17.4 Å². The van der Waals surface area contributed by atoms with Gasteiger partial charge in [-0.25, -0.2) is 9.18 Å². The molecule has 0 spiro atoms. The Balaban J connectivity index is 2.15. The number of carbonyl (C=O) groups is 1. The molecule has 9 heteroatoms. The smallest absolute Gasteiger partial charge is 0.337 e. The molecule has 112 valence electrons. The predicted molar refractivity (Wildman–Crippen MR) is 79.8 cm³/mol. The quantitative estimate of drug-likeness (QED) is 0.742. The summed E-state index contributed by atoms with van der Waals surface area (Å²) >= 11 is 4.31. The highest BCUT2D eigenvalue weighted by molar-refractivity contribution is 9.10. The highest BCUT2D eigenvalue weighted by Gasteiger charge is 2.30. The number of nitrogens with zero attached hydrogens (tertiary/aromatic N) is 2. The Kier molecular flexibility index (Phi) is 4.55. The lowest BCUT2D eigenvalue weighted by molar-refractivity contribution is -0.155. The Labute approximate surface area is 131 Å². The number of carboxylic acids is 1. The lowest BCUT2D eigenvalue weighted by atomic mass is 10.1. The minimum atomic E-state index is -1.92. The average Bonchev–Trinajstić information content (AvgIpc) is 2.88. The number of aromatic nitrogens is 2. The van der Waals surface area contributed by atoms with Crippen LogP contribution in [-0.4, -0.2) is 38.5 Å². The Morgan fingerprint density at radius 2 is 2.24 bits per heavy atom. The van der Waals surface area contributed by atoms with Crippen molar-refractivity contribution in [2.45, 2.75) is 12.5 Å². The van der Waals surface area contributed by atoms with Gasteiger partial charge in [0.05, 0.1) is 6.54 Å². The first-order valence-electron chi connectivity index (χ1n) is 5.78. The molecule has 0 radical (unpaired) electrons. The number of aliphatic hydroxyl groups is 1. The van der Waals surface area contributed by atoms with Gasteiger partial charge in [-0.15, -0.1) is 10.2 Å². The molecule has 0 bridgehead atoms. The van der Waals surface area contributed by atoms with E-state index in [-0.39, 0.29) is 6.54 Å². The van der Waals surface area contributed by atoms with Crippen LogP contribution in [0, 0.1) is 5.82 Å². The van der Waals surface area contributed by atoms with Gasteiger partial charge in [-0.05, 0) is 25.1 Å². The van der Waals surface area contributed by atoms with Crippen molar-refractivity contribution >= 4 is 38.4 Å². The summed E-state index contributed by atoms with van der Waals surface area (Å²) in [5.41, 5.74) is -1.63.